The van der Waals surface area contributed by atoms with Gasteiger partial charge in [-0.1, -0.05) is 0 Å². The molecule has 0 aromatic heterocycles. The number of benzene rings is 1. The third-order valence-corrected chi connectivity index (χ3v) is 4.60. The number of sulfone groups is 1. The average molecular weight is 295 g/mol. The maximum Gasteiger partial charge on any atom is 0.416 e. The monoisotopic (exact) mass is 295 g/mol. The number of rotatable bonds is 2. The smallest absolute Gasteiger partial charge is 0.390 e. The van der Waals surface area contributed by atoms with Crippen LogP contribution in [0.1, 0.15) is 5.56 Å². The largest absolute Gasteiger partial charge is 0.416 e. The van der Waals surface area contributed by atoms with Crippen molar-refractivity contribution in [1.82, 2.24) is 0 Å². The molecule has 0 saturated carbocycles. The summed E-state index contributed by atoms with van der Waals surface area (Å²) in [5.74, 6) is -0.555. The van der Waals surface area contributed by atoms with E-state index in [0.29, 0.717) is 5.69 Å². The summed E-state index contributed by atoms with van der Waals surface area (Å²) in [6, 6.07) is 3.53. The molecule has 4 nitrogen and oxygen atoms in total. The van der Waals surface area contributed by atoms with E-state index in [1.165, 1.54) is 12.1 Å². The van der Waals surface area contributed by atoms with Crippen LogP contribution in [0, 0.1) is 0 Å². The Morgan fingerprint density at radius 1 is 1.16 bits per heavy atom. The molecule has 0 amide bonds. The Morgan fingerprint density at radius 2 is 1.74 bits per heavy atom. The zero-order valence-electron chi connectivity index (χ0n) is 9.68. The summed E-state index contributed by atoms with van der Waals surface area (Å²) >= 11 is 0. The number of aliphatic hydroxyl groups is 1. The zero-order valence-corrected chi connectivity index (χ0v) is 10.5. The zero-order chi connectivity index (χ0) is 14.3. The fourth-order valence-electron chi connectivity index (χ4n) is 1.94. The van der Waals surface area contributed by atoms with Gasteiger partial charge in [0.15, 0.2) is 9.84 Å². The summed E-state index contributed by atoms with van der Waals surface area (Å²) < 4.78 is 59.6. The van der Waals surface area contributed by atoms with Crippen LogP contribution in [0.15, 0.2) is 24.3 Å². The standard InChI is InChI=1S/C11H12F3NO3S/c12-11(13,14)7-1-3-8(4-2-7)15-9-5-19(17,18)6-10(9)16/h1-4,9-10,15-16H,5-6H2. The number of alkyl halides is 3. The molecule has 0 radical (unpaired) electrons. The first-order valence-corrected chi connectivity index (χ1v) is 7.32. The molecule has 0 aliphatic carbocycles. The Labute approximate surface area is 108 Å². The minimum atomic E-state index is -4.41. The molecule has 1 heterocycles. The number of hydrogen-bond acceptors (Lipinski definition) is 4. The van der Waals surface area contributed by atoms with Gasteiger partial charge < -0.3 is 10.4 Å². The van der Waals surface area contributed by atoms with E-state index >= 15 is 0 Å². The van der Waals surface area contributed by atoms with Crippen molar-refractivity contribution >= 4 is 15.5 Å². The number of nitrogens with one attached hydrogen (secondary N) is 1. The Bertz CT molecular complexity index is 554. The summed E-state index contributed by atoms with van der Waals surface area (Å²) in [7, 11) is -3.29. The Hall–Kier alpha value is -1.28. The normalized spacial score (nSPS) is 26.3. The van der Waals surface area contributed by atoms with Gasteiger partial charge in [-0.15, -0.1) is 0 Å². The third kappa shape index (κ3) is 3.38. The summed E-state index contributed by atoms with van der Waals surface area (Å²) in [4.78, 5) is 0. The Balaban J connectivity index is 2.09. The second-order valence-corrected chi connectivity index (χ2v) is 6.62. The molecular weight excluding hydrogens is 283 g/mol. The predicted octanol–water partition coefficient (Wildman–Crippen LogP) is 1.28. The van der Waals surface area contributed by atoms with Crippen molar-refractivity contribution in [3.63, 3.8) is 0 Å². The molecule has 1 aromatic rings. The van der Waals surface area contributed by atoms with E-state index < -0.39 is 33.7 Å². The third-order valence-electron chi connectivity index (χ3n) is 2.89. The quantitative estimate of drug-likeness (QED) is 0.862. The van der Waals surface area contributed by atoms with Crippen molar-refractivity contribution in [3.8, 4) is 0 Å². The van der Waals surface area contributed by atoms with Gasteiger partial charge in [-0.2, -0.15) is 13.2 Å². The number of anilines is 1. The molecule has 1 aliphatic heterocycles. The van der Waals surface area contributed by atoms with Crippen LogP contribution >= 0.6 is 0 Å². The first-order valence-electron chi connectivity index (χ1n) is 5.50. The fourth-order valence-corrected chi connectivity index (χ4v) is 3.68. The topological polar surface area (TPSA) is 66.4 Å². The second kappa shape index (κ2) is 4.68. The van der Waals surface area contributed by atoms with Crippen LogP contribution in [0.3, 0.4) is 0 Å². The number of halogens is 3. The lowest BCUT2D eigenvalue weighted by Crippen LogP contribution is -2.31. The lowest BCUT2D eigenvalue weighted by Gasteiger charge is -2.16. The highest BCUT2D eigenvalue weighted by Gasteiger charge is 2.36. The molecule has 8 heteroatoms. The minimum Gasteiger partial charge on any atom is -0.390 e. The van der Waals surface area contributed by atoms with Crippen molar-refractivity contribution < 1.29 is 26.7 Å². The molecule has 1 aromatic carbocycles. The molecule has 2 N–H and O–H groups in total. The van der Waals surface area contributed by atoms with E-state index in [0.717, 1.165) is 12.1 Å². The van der Waals surface area contributed by atoms with Crippen LogP contribution in [0.2, 0.25) is 0 Å². The second-order valence-electron chi connectivity index (χ2n) is 4.47. The lowest BCUT2D eigenvalue weighted by atomic mass is 10.1. The molecule has 0 spiro atoms. The van der Waals surface area contributed by atoms with Crippen molar-refractivity contribution in [3.05, 3.63) is 29.8 Å². The van der Waals surface area contributed by atoms with Gasteiger partial charge in [-0.05, 0) is 24.3 Å². The van der Waals surface area contributed by atoms with E-state index in [2.05, 4.69) is 5.32 Å². The first kappa shape index (κ1) is 14.1. The van der Waals surface area contributed by atoms with E-state index in [1.54, 1.807) is 0 Å². The maximum absolute atomic E-state index is 12.3. The van der Waals surface area contributed by atoms with E-state index in [1.807, 2.05) is 0 Å². The highest BCUT2D eigenvalue weighted by Crippen LogP contribution is 2.30. The van der Waals surface area contributed by atoms with Gasteiger partial charge in [0.25, 0.3) is 0 Å². The Morgan fingerprint density at radius 3 is 2.16 bits per heavy atom. The van der Waals surface area contributed by atoms with Crippen LogP contribution < -0.4 is 5.32 Å². The molecule has 2 atom stereocenters. The van der Waals surface area contributed by atoms with E-state index in [9.17, 15) is 26.7 Å². The molecule has 106 valence electrons. The van der Waals surface area contributed by atoms with Gasteiger partial charge >= 0.3 is 6.18 Å². The molecule has 2 rings (SSSR count). The SMILES string of the molecule is O=S1(=O)CC(O)C(Nc2ccc(C(F)(F)F)cc2)C1. The van der Waals surface area contributed by atoms with Gasteiger partial charge in [-0.3, -0.25) is 0 Å². The van der Waals surface area contributed by atoms with Gasteiger partial charge in [-0.25, -0.2) is 8.42 Å². The average Bonchev–Trinajstić information content (AvgIpc) is 2.51. The lowest BCUT2D eigenvalue weighted by molar-refractivity contribution is -0.137. The van der Waals surface area contributed by atoms with Crippen LogP contribution in [-0.4, -0.2) is 37.2 Å². The highest BCUT2D eigenvalue weighted by atomic mass is 32.2. The molecule has 2 unspecified atom stereocenters. The molecule has 1 saturated heterocycles. The Kier molecular flexibility index (Phi) is 3.48. The van der Waals surface area contributed by atoms with Gasteiger partial charge in [0.05, 0.1) is 29.2 Å². The molecule has 1 fully saturated rings. The molecular formula is C11H12F3NO3S. The van der Waals surface area contributed by atoms with E-state index in [-0.39, 0.29) is 11.5 Å². The van der Waals surface area contributed by atoms with Crippen LogP contribution in [0.25, 0.3) is 0 Å². The van der Waals surface area contributed by atoms with E-state index in [4.69, 9.17) is 0 Å². The summed E-state index contributed by atoms with van der Waals surface area (Å²) in [6.07, 6.45) is -5.46. The van der Waals surface area contributed by atoms with Crippen molar-refractivity contribution in [2.45, 2.75) is 18.3 Å². The minimum absolute atomic E-state index is 0.227. The molecule has 0 bridgehead atoms. The highest BCUT2D eigenvalue weighted by molar-refractivity contribution is 7.91. The van der Waals surface area contributed by atoms with Crippen molar-refractivity contribution in [1.29, 1.82) is 0 Å². The van der Waals surface area contributed by atoms with Crippen LogP contribution in [0.4, 0.5) is 18.9 Å². The summed E-state index contributed by atoms with van der Waals surface area (Å²) in [5, 5.41) is 12.3. The van der Waals surface area contributed by atoms with Crippen molar-refractivity contribution in [2.75, 3.05) is 16.8 Å². The van der Waals surface area contributed by atoms with Crippen molar-refractivity contribution in [2.24, 2.45) is 0 Å². The maximum atomic E-state index is 12.3. The van der Waals surface area contributed by atoms with Gasteiger partial charge in [0.1, 0.15) is 0 Å². The first-order chi connectivity index (χ1) is 8.67. The summed E-state index contributed by atoms with van der Waals surface area (Å²) in [6.45, 7) is 0. The van der Waals surface area contributed by atoms with Crippen LogP contribution in [-0.2, 0) is 16.0 Å². The van der Waals surface area contributed by atoms with Gasteiger partial charge in [0, 0.05) is 5.69 Å². The summed E-state index contributed by atoms with van der Waals surface area (Å²) in [5.41, 5.74) is -0.438. The van der Waals surface area contributed by atoms with Crippen LogP contribution in [0.5, 0.6) is 0 Å². The molecule has 19 heavy (non-hydrogen) atoms. The number of hydrogen-bond donors (Lipinski definition) is 2. The fraction of sp³-hybridized carbons (Fsp3) is 0.455. The van der Waals surface area contributed by atoms with Gasteiger partial charge in [0.2, 0.25) is 0 Å². The predicted molar refractivity (Wildman–Crippen MR) is 63.5 cm³/mol. The number of aliphatic hydroxyl groups excluding tert-OH is 1. The molecule has 1 aliphatic rings.